The lowest BCUT2D eigenvalue weighted by Crippen LogP contribution is -2.41. The van der Waals surface area contributed by atoms with Crippen LogP contribution < -0.4 is 5.32 Å². The second-order valence-electron chi connectivity index (χ2n) is 5.08. The predicted octanol–water partition coefficient (Wildman–Crippen LogP) is 2.08. The van der Waals surface area contributed by atoms with Crippen molar-refractivity contribution in [3.8, 4) is 0 Å². The van der Waals surface area contributed by atoms with Gasteiger partial charge in [0.1, 0.15) is 0 Å². The highest BCUT2D eigenvalue weighted by molar-refractivity contribution is 5.87. The summed E-state index contributed by atoms with van der Waals surface area (Å²) in [5, 5.41) is 20.6. The molecule has 0 aliphatic heterocycles. The van der Waals surface area contributed by atoms with Crippen molar-refractivity contribution in [2.45, 2.75) is 32.7 Å². The van der Waals surface area contributed by atoms with Gasteiger partial charge in [-0.3, -0.25) is 0 Å². The number of rotatable bonds is 9. The summed E-state index contributed by atoms with van der Waals surface area (Å²) in [6, 6.07) is 6.16. The highest BCUT2D eigenvalue weighted by Gasteiger charge is 2.12. The Labute approximate surface area is 130 Å². The zero-order valence-corrected chi connectivity index (χ0v) is 12.9. The monoisotopic (exact) mass is 308 g/mol. The SMILES string of the molecule is CCCCCN(CCO)C(=O)NCc1ccc(C(=O)O)cc1. The van der Waals surface area contributed by atoms with Crippen molar-refractivity contribution >= 4 is 12.0 Å². The molecule has 1 rings (SSSR count). The van der Waals surface area contributed by atoms with Crippen LogP contribution in [0.3, 0.4) is 0 Å². The maximum atomic E-state index is 12.1. The van der Waals surface area contributed by atoms with E-state index in [2.05, 4.69) is 12.2 Å². The second-order valence-corrected chi connectivity index (χ2v) is 5.08. The Morgan fingerprint density at radius 2 is 1.82 bits per heavy atom. The van der Waals surface area contributed by atoms with Crippen LogP contribution >= 0.6 is 0 Å². The van der Waals surface area contributed by atoms with E-state index in [0.29, 0.717) is 19.6 Å². The van der Waals surface area contributed by atoms with E-state index < -0.39 is 5.97 Å². The van der Waals surface area contributed by atoms with Crippen LogP contribution in [0.25, 0.3) is 0 Å². The molecule has 2 amide bonds. The van der Waals surface area contributed by atoms with Gasteiger partial charge >= 0.3 is 12.0 Å². The van der Waals surface area contributed by atoms with Crippen LogP contribution in [0.15, 0.2) is 24.3 Å². The summed E-state index contributed by atoms with van der Waals surface area (Å²) < 4.78 is 0. The number of carboxylic acids is 1. The fourth-order valence-electron chi connectivity index (χ4n) is 2.04. The van der Waals surface area contributed by atoms with Gasteiger partial charge in [0, 0.05) is 19.6 Å². The van der Waals surface area contributed by atoms with Gasteiger partial charge in [-0.2, -0.15) is 0 Å². The zero-order valence-electron chi connectivity index (χ0n) is 12.9. The number of nitrogens with one attached hydrogen (secondary N) is 1. The number of benzene rings is 1. The number of unbranched alkanes of at least 4 members (excludes halogenated alkanes) is 2. The number of aliphatic hydroxyl groups is 1. The van der Waals surface area contributed by atoms with Crippen LogP contribution in [0.4, 0.5) is 4.79 Å². The predicted molar refractivity (Wildman–Crippen MR) is 83.8 cm³/mol. The lowest BCUT2D eigenvalue weighted by molar-refractivity contribution is 0.0697. The molecule has 0 spiro atoms. The van der Waals surface area contributed by atoms with Gasteiger partial charge in [0.15, 0.2) is 0 Å². The van der Waals surface area contributed by atoms with E-state index in [-0.39, 0.29) is 18.2 Å². The summed E-state index contributed by atoms with van der Waals surface area (Å²) in [6.45, 7) is 3.30. The Morgan fingerprint density at radius 3 is 2.36 bits per heavy atom. The molecule has 0 aliphatic rings. The lowest BCUT2D eigenvalue weighted by Gasteiger charge is -2.22. The third-order valence-electron chi connectivity index (χ3n) is 3.33. The average Bonchev–Trinajstić information content (AvgIpc) is 2.52. The Kier molecular flexibility index (Phi) is 7.99. The third kappa shape index (κ3) is 6.13. The van der Waals surface area contributed by atoms with E-state index in [0.717, 1.165) is 24.8 Å². The van der Waals surface area contributed by atoms with E-state index >= 15 is 0 Å². The molecule has 0 saturated heterocycles. The number of urea groups is 1. The standard InChI is InChI=1S/C16H24N2O4/c1-2-3-4-9-18(10-11-19)16(22)17-12-13-5-7-14(8-6-13)15(20)21/h5-8,19H,2-4,9-12H2,1H3,(H,17,22)(H,20,21). The molecule has 1 aromatic rings. The summed E-state index contributed by atoms with van der Waals surface area (Å²) in [7, 11) is 0. The fourth-order valence-corrected chi connectivity index (χ4v) is 2.04. The minimum absolute atomic E-state index is 0.0626. The van der Waals surface area contributed by atoms with E-state index in [9.17, 15) is 9.59 Å². The molecule has 1 aromatic carbocycles. The van der Waals surface area contributed by atoms with Crippen molar-refractivity contribution in [1.82, 2.24) is 10.2 Å². The summed E-state index contributed by atoms with van der Waals surface area (Å²) >= 11 is 0. The van der Waals surface area contributed by atoms with Crippen LogP contribution in [0.2, 0.25) is 0 Å². The zero-order chi connectivity index (χ0) is 16.4. The molecule has 0 bridgehead atoms. The molecule has 22 heavy (non-hydrogen) atoms. The van der Waals surface area contributed by atoms with E-state index in [1.165, 1.54) is 12.1 Å². The topological polar surface area (TPSA) is 89.9 Å². The Hall–Kier alpha value is -2.08. The molecule has 0 radical (unpaired) electrons. The molecule has 0 aliphatic carbocycles. The maximum absolute atomic E-state index is 12.1. The molecule has 0 aromatic heterocycles. The number of hydrogen-bond donors (Lipinski definition) is 3. The van der Waals surface area contributed by atoms with Gasteiger partial charge in [-0.15, -0.1) is 0 Å². The first kappa shape index (κ1) is 18.0. The van der Waals surface area contributed by atoms with Gasteiger partial charge in [0.05, 0.1) is 12.2 Å². The Balaban J connectivity index is 2.49. The number of aliphatic hydroxyl groups excluding tert-OH is 1. The van der Waals surface area contributed by atoms with Crippen molar-refractivity contribution in [1.29, 1.82) is 0 Å². The molecule has 0 atom stereocenters. The number of amides is 2. The minimum atomic E-state index is -0.972. The smallest absolute Gasteiger partial charge is 0.335 e. The average molecular weight is 308 g/mol. The molecule has 6 nitrogen and oxygen atoms in total. The Morgan fingerprint density at radius 1 is 1.14 bits per heavy atom. The first-order valence-corrected chi connectivity index (χ1v) is 7.54. The van der Waals surface area contributed by atoms with Crippen LogP contribution in [-0.2, 0) is 6.54 Å². The normalized spacial score (nSPS) is 10.3. The molecule has 0 unspecified atom stereocenters. The van der Waals surface area contributed by atoms with E-state index in [1.54, 1.807) is 17.0 Å². The van der Waals surface area contributed by atoms with Crippen LogP contribution in [-0.4, -0.2) is 46.8 Å². The van der Waals surface area contributed by atoms with Gasteiger partial charge in [-0.25, -0.2) is 9.59 Å². The number of carboxylic acid groups (broad SMARTS) is 1. The number of carbonyl (C=O) groups is 2. The highest BCUT2D eigenvalue weighted by atomic mass is 16.4. The minimum Gasteiger partial charge on any atom is -0.478 e. The highest BCUT2D eigenvalue weighted by Crippen LogP contribution is 2.05. The molecule has 0 heterocycles. The number of hydrogen-bond acceptors (Lipinski definition) is 3. The van der Waals surface area contributed by atoms with Crippen molar-refractivity contribution < 1.29 is 19.8 Å². The van der Waals surface area contributed by atoms with Crippen molar-refractivity contribution in [2.24, 2.45) is 0 Å². The molecule has 0 fully saturated rings. The summed E-state index contributed by atoms with van der Waals surface area (Å²) in [4.78, 5) is 24.4. The van der Waals surface area contributed by atoms with Gasteiger partial charge in [0.2, 0.25) is 0 Å². The van der Waals surface area contributed by atoms with Crippen molar-refractivity contribution in [3.05, 3.63) is 35.4 Å². The second kappa shape index (κ2) is 9.78. The molecular formula is C16H24N2O4. The molecule has 0 saturated carbocycles. The fraction of sp³-hybridized carbons (Fsp3) is 0.500. The van der Waals surface area contributed by atoms with Crippen LogP contribution in [0.5, 0.6) is 0 Å². The molecule has 3 N–H and O–H groups in total. The van der Waals surface area contributed by atoms with Gasteiger partial charge in [-0.05, 0) is 24.1 Å². The summed E-state index contributed by atoms with van der Waals surface area (Å²) in [6.07, 6.45) is 3.04. The number of nitrogens with zero attached hydrogens (tertiary/aromatic N) is 1. The van der Waals surface area contributed by atoms with Crippen molar-refractivity contribution in [3.63, 3.8) is 0 Å². The van der Waals surface area contributed by atoms with E-state index in [1.807, 2.05) is 0 Å². The lowest BCUT2D eigenvalue weighted by atomic mass is 10.1. The van der Waals surface area contributed by atoms with E-state index in [4.69, 9.17) is 10.2 Å². The van der Waals surface area contributed by atoms with Gasteiger partial charge < -0.3 is 20.4 Å². The van der Waals surface area contributed by atoms with Crippen molar-refractivity contribution in [2.75, 3.05) is 19.7 Å². The largest absolute Gasteiger partial charge is 0.478 e. The molecule has 122 valence electrons. The first-order chi connectivity index (χ1) is 10.6. The summed E-state index contributed by atoms with van der Waals surface area (Å²) in [5.74, 6) is -0.972. The van der Waals surface area contributed by atoms with Gasteiger partial charge in [0.25, 0.3) is 0 Å². The molecular weight excluding hydrogens is 284 g/mol. The number of carbonyl (C=O) groups excluding carboxylic acids is 1. The molecule has 6 heteroatoms. The van der Waals surface area contributed by atoms with Crippen LogP contribution in [0.1, 0.15) is 42.1 Å². The summed E-state index contributed by atoms with van der Waals surface area (Å²) in [5.41, 5.74) is 1.05. The van der Waals surface area contributed by atoms with Gasteiger partial charge in [-0.1, -0.05) is 31.9 Å². The first-order valence-electron chi connectivity index (χ1n) is 7.54. The Bertz CT molecular complexity index is 474. The number of aromatic carboxylic acids is 1. The maximum Gasteiger partial charge on any atom is 0.335 e. The van der Waals surface area contributed by atoms with Crippen LogP contribution in [0, 0.1) is 0 Å². The quantitative estimate of drug-likeness (QED) is 0.609. The third-order valence-corrected chi connectivity index (χ3v) is 3.33.